The van der Waals surface area contributed by atoms with Crippen LogP contribution < -0.4 is 9.47 Å². The maximum atomic E-state index is 13.4. The minimum absolute atomic E-state index is 0.0135. The largest absolute Gasteiger partial charge is 0.486 e. The molecule has 5 rings (SSSR count). The Morgan fingerprint density at radius 1 is 1.17 bits per heavy atom. The van der Waals surface area contributed by atoms with E-state index in [2.05, 4.69) is 15.0 Å². The average Bonchev–Trinajstić information content (AvgIpc) is 3.41. The zero-order valence-electron chi connectivity index (χ0n) is 16.0. The summed E-state index contributed by atoms with van der Waals surface area (Å²) in [7, 11) is 0. The number of nitrogens with zero attached hydrogens (tertiary/aromatic N) is 4. The van der Waals surface area contributed by atoms with Gasteiger partial charge in [-0.3, -0.25) is 4.79 Å². The molecule has 2 aliphatic rings. The molecule has 1 fully saturated rings. The maximum absolute atomic E-state index is 13.4. The highest BCUT2D eigenvalue weighted by Crippen LogP contribution is 2.39. The summed E-state index contributed by atoms with van der Waals surface area (Å²) in [5.41, 5.74) is 1.80. The monoisotopic (exact) mass is 408 g/mol. The van der Waals surface area contributed by atoms with Crippen molar-refractivity contribution in [1.29, 1.82) is 0 Å². The number of amides is 1. The summed E-state index contributed by atoms with van der Waals surface area (Å²) in [5, 5.41) is 0.668. The van der Waals surface area contributed by atoms with Crippen LogP contribution >= 0.6 is 11.3 Å². The van der Waals surface area contributed by atoms with E-state index in [-0.39, 0.29) is 11.9 Å². The first-order valence-electron chi connectivity index (χ1n) is 9.66. The predicted molar refractivity (Wildman–Crippen MR) is 108 cm³/mol. The van der Waals surface area contributed by atoms with E-state index in [0.717, 1.165) is 42.1 Å². The van der Waals surface area contributed by atoms with Crippen LogP contribution in [0, 0.1) is 6.92 Å². The van der Waals surface area contributed by atoms with Gasteiger partial charge in [0.25, 0.3) is 5.91 Å². The van der Waals surface area contributed by atoms with Crippen molar-refractivity contribution in [1.82, 2.24) is 19.9 Å². The third kappa shape index (κ3) is 3.33. The van der Waals surface area contributed by atoms with Crippen LogP contribution in [0.5, 0.6) is 11.5 Å². The number of carbonyl (C=O) groups excluding carboxylic acids is 1. The van der Waals surface area contributed by atoms with E-state index < -0.39 is 0 Å². The zero-order chi connectivity index (χ0) is 19.8. The Bertz CT molecular complexity index is 1050. The van der Waals surface area contributed by atoms with E-state index in [9.17, 15) is 4.79 Å². The second-order valence-electron chi connectivity index (χ2n) is 7.07. The number of rotatable bonds is 3. The molecule has 0 bridgehead atoms. The van der Waals surface area contributed by atoms with Crippen molar-refractivity contribution in [3.63, 3.8) is 0 Å². The third-order valence-electron chi connectivity index (χ3n) is 5.21. The number of hydrogen-bond acceptors (Lipinski definition) is 7. The lowest BCUT2D eigenvalue weighted by molar-refractivity contribution is 0.0739. The van der Waals surface area contributed by atoms with Gasteiger partial charge in [0.1, 0.15) is 18.1 Å². The molecule has 148 valence electrons. The van der Waals surface area contributed by atoms with Crippen molar-refractivity contribution in [2.75, 3.05) is 19.8 Å². The fraction of sp³-hybridized carbons (Fsp3) is 0.333. The van der Waals surface area contributed by atoms with Gasteiger partial charge in [-0.15, -0.1) is 11.3 Å². The van der Waals surface area contributed by atoms with Crippen LogP contribution in [-0.4, -0.2) is 45.5 Å². The fourth-order valence-electron chi connectivity index (χ4n) is 3.85. The van der Waals surface area contributed by atoms with Crippen LogP contribution in [0.1, 0.15) is 39.8 Å². The molecule has 3 aromatic rings. The fourth-order valence-corrected chi connectivity index (χ4v) is 4.82. The topological polar surface area (TPSA) is 77.4 Å². The number of aryl methyl sites for hydroxylation is 1. The molecule has 1 atom stereocenters. The lowest BCUT2D eigenvalue weighted by Crippen LogP contribution is -2.30. The number of hydrogen-bond donors (Lipinski definition) is 0. The summed E-state index contributed by atoms with van der Waals surface area (Å²) >= 11 is 1.36. The summed E-state index contributed by atoms with van der Waals surface area (Å²) in [4.78, 5) is 29.0. The number of ether oxygens (including phenoxy) is 2. The number of carbonyl (C=O) groups is 1. The second kappa shape index (κ2) is 7.44. The number of benzene rings is 1. The van der Waals surface area contributed by atoms with Crippen LogP contribution in [0.15, 0.2) is 36.7 Å². The SMILES string of the molecule is Cc1nc(-c2ncccn2)sc1C(=O)N1CCC[C@H]1c1ccc2c(c1)OCCO2. The van der Waals surface area contributed by atoms with Crippen molar-refractivity contribution in [3.8, 4) is 22.3 Å². The van der Waals surface area contributed by atoms with Crippen molar-refractivity contribution in [3.05, 3.63) is 52.8 Å². The van der Waals surface area contributed by atoms with Gasteiger partial charge in [-0.25, -0.2) is 15.0 Å². The second-order valence-corrected chi connectivity index (χ2v) is 8.06. The van der Waals surface area contributed by atoms with Gasteiger partial charge in [0.15, 0.2) is 22.3 Å². The van der Waals surface area contributed by atoms with Crippen molar-refractivity contribution < 1.29 is 14.3 Å². The molecule has 0 radical (unpaired) electrons. The Labute approximate surface area is 172 Å². The summed E-state index contributed by atoms with van der Waals surface area (Å²) in [6.07, 6.45) is 5.26. The predicted octanol–water partition coefficient (Wildman–Crippen LogP) is 3.66. The molecule has 4 heterocycles. The number of fused-ring (bicyclic) bond motifs is 1. The number of thiazole rings is 1. The highest BCUT2D eigenvalue weighted by Gasteiger charge is 2.33. The Morgan fingerprint density at radius 3 is 2.79 bits per heavy atom. The molecule has 0 unspecified atom stereocenters. The first kappa shape index (κ1) is 18.1. The maximum Gasteiger partial charge on any atom is 0.266 e. The Balaban J connectivity index is 1.43. The highest BCUT2D eigenvalue weighted by molar-refractivity contribution is 7.17. The molecule has 1 aromatic carbocycles. The molecule has 7 nitrogen and oxygen atoms in total. The molecule has 1 amide bonds. The van der Waals surface area contributed by atoms with Gasteiger partial charge in [0, 0.05) is 18.9 Å². The van der Waals surface area contributed by atoms with Crippen molar-refractivity contribution in [2.24, 2.45) is 0 Å². The van der Waals surface area contributed by atoms with E-state index in [1.54, 1.807) is 18.5 Å². The molecule has 2 aliphatic heterocycles. The zero-order valence-corrected chi connectivity index (χ0v) is 16.8. The number of aromatic nitrogens is 3. The Morgan fingerprint density at radius 2 is 1.97 bits per heavy atom. The third-order valence-corrected chi connectivity index (χ3v) is 6.35. The van der Waals surface area contributed by atoms with Crippen molar-refractivity contribution in [2.45, 2.75) is 25.8 Å². The standard InChI is InChI=1S/C21H20N4O3S/c1-13-18(29-20(24-13)19-22-7-3-8-23-19)21(26)25-9-2-4-15(25)14-5-6-16-17(12-14)28-11-10-27-16/h3,5-8,12,15H,2,4,9-11H2,1H3/t15-/m0/s1. The molecular weight excluding hydrogens is 388 g/mol. The van der Waals surface area contributed by atoms with Gasteiger partial charge < -0.3 is 14.4 Å². The lowest BCUT2D eigenvalue weighted by atomic mass is 10.0. The first-order chi connectivity index (χ1) is 14.2. The molecular formula is C21H20N4O3S. The first-order valence-corrected chi connectivity index (χ1v) is 10.5. The molecule has 29 heavy (non-hydrogen) atoms. The van der Waals surface area contributed by atoms with Crippen LogP contribution in [0.25, 0.3) is 10.8 Å². The van der Waals surface area contributed by atoms with Gasteiger partial charge in [-0.05, 0) is 43.5 Å². The van der Waals surface area contributed by atoms with Gasteiger partial charge >= 0.3 is 0 Å². The molecule has 2 aromatic heterocycles. The molecule has 0 spiro atoms. The quantitative estimate of drug-likeness (QED) is 0.658. The highest BCUT2D eigenvalue weighted by atomic mass is 32.1. The summed E-state index contributed by atoms with van der Waals surface area (Å²) in [5.74, 6) is 2.08. The summed E-state index contributed by atoms with van der Waals surface area (Å²) in [6, 6.07) is 7.77. The summed E-state index contributed by atoms with van der Waals surface area (Å²) in [6.45, 7) is 3.71. The van der Waals surface area contributed by atoms with Crippen LogP contribution in [0.3, 0.4) is 0 Å². The van der Waals surface area contributed by atoms with E-state index in [0.29, 0.717) is 28.9 Å². The molecule has 1 saturated heterocycles. The molecule has 0 saturated carbocycles. The minimum Gasteiger partial charge on any atom is -0.486 e. The van der Waals surface area contributed by atoms with E-state index >= 15 is 0 Å². The lowest BCUT2D eigenvalue weighted by Gasteiger charge is -2.26. The number of likely N-dealkylation sites (tertiary alicyclic amines) is 1. The normalized spacial score (nSPS) is 18.1. The van der Waals surface area contributed by atoms with Crippen LogP contribution in [-0.2, 0) is 0 Å². The van der Waals surface area contributed by atoms with E-state index in [1.807, 2.05) is 30.0 Å². The van der Waals surface area contributed by atoms with E-state index in [1.165, 1.54) is 11.3 Å². The Hall–Kier alpha value is -3.00. The average molecular weight is 408 g/mol. The molecule has 8 heteroatoms. The van der Waals surface area contributed by atoms with Crippen LogP contribution in [0.2, 0.25) is 0 Å². The van der Waals surface area contributed by atoms with Crippen LogP contribution in [0.4, 0.5) is 0 Å². The van der Waals surface area contributed by atoms with Gasteiger partial charge in [-0.2, -0.15) is 0 Å². The Kier molecular flexibility index (Phi) is 4.63. The molecule has 0 N–H and O–H groups in total. The van der Waals surface area contributed by atoms with E-state index in [4.69, 9.17) is 9.47 Å². The minimum atomic E-state index is 0.0135. The van der Waals surface area contributed by atoms with Gasteiger partial charge in [0.05, 0.1) is 11.7 Å². The molecule has 0 aliphatic carbocycles. The van der Waals surface area contributed by atoms with Gasteiger partial charge in [0.2, 0.25) is 0 Å². The van der Waals surface area contributed by atoms with Crippen molar-refractivity contribution >= 4 is 17.2 Å². The summed E-state index contributed by atoms with van der Waals surface area (Å²) < 4.78 is 11.3. The van der Waals surface area contributed by atoms with Gasteiger partial charge in [-0.1, -0.05) is 6.07 Å². The smallest absolute Gasteiger partial charge is 0.266 e.